The molecule has 0 unspecified atom stereocenters. The number of unbranched alkanes of at least 4 members (excludes halogenated alkanes) is 35. The van der Waals surface area contributed by atoms with E-state index >= 15 is 0 Å². The zero-order valence-corrected chi connectivity index (χ0v) is 30.9. The van der Waals surface area contributed by atoms with Gasteiger partial charge in [-0.05, 0) is 12.8 Å². The lowest BCUT2D eigenvalue weighted by Gasteiger charge is -2.06. The maximum Gasteiger partial charge on any atom is 0.305 e. The van der Waals surface area contributed by atoms with Gasteiger partial charge in [0.05, 0.1) is 6.61 Å². The van der Waals surface area contributed by atoms with Crippen LogP contribution < -0.4 is 0 Å². The minimum Gasteiger partial charge on any atom is -0.466 e. The van der Waals surface area contributed by atoms with Crippen LogP contribution >= 0.6 is 0 Å². The van der Waals surface area contributed by atoms with Gasteiger partial charge in [0.1, 0.15) is 0 Å². The summed E-state index contributed by atoms with van der Waals surface area (Å²) in [6.45, 7) is 5.22. The molecule has 0 aromatic heterocycles. The highest BCUT2D eigenvalue weighted by atomic mass is 16.5. The van der Waals surface area contributed by atoms with E-state index in [1.54, 1.807) is 0 Å². The molecule has 0 fully saturated rings. The molecule has 2 nitrogen and oxygen atoms in total. The Bertz CT molecular complexity index is 516. The molecule has 264 valence electrons. The van der Waals surface area contributed by atoms with Crippen molar-refractivity contribution < 1.29 is 9.53 Å². The number of carbonyl (C=O) groups is 1. The monoisotopic (exact) mass is 621 g/mol. The fourth-order valence-electron chi connectivity index (χ4n) is 6.61. The molecule has 0 saturated heterocycles. The topological polar surface area (TPSA) is 26.3 Å². The molecule has 44 heavy (non-hydrogen) atoms. The lowest BCUT2D eigenvalue weighted by Crippen LogP contribution is -2.05. The van der Waals surface area contributed by atoms with Gasteiger partial charge in [0.15, 0.2) is 0 Å². The molecule has 0 atom stereocenters. The largest absolute Gasteiger partial charge is 0.466 e. The molecule has 0 amide bonds. The van der Waals surface area contributed by atoms with Gasteiger partial charge in [0.25, 0.3) is 0 Å². The van der Waals surface area contributed by atoms with Crippen molar-refractivity contribution in [1.29, 1.82) is 0 Å². The maximum absolute atomic E-state index is 12.0. The molecule has 0 N–H and O–H groups in total. The molecule has 0 spiro atoms. The Morgan fingerprint density at radius 3 is 0.750 bits per heavy atom. The molecule has 0 aliphatic rings. The number of hydrogen-bond donors (Lipinski definition) is 0. The lowest BCUT2D eigenvalue weighted by atomic mass is 10.0. The molecule has 0 aliphatic heterocycles. The van der Waals surface area contributed by atoms with E-state index in [1.165, 1.54) is 225 Å². The quantitative estimate of drug-likeness (QED) is 0.0505. The Morgan fingerprint density at radius 1 is 0.295 bits per heavy atom. The number of esters is 1. The van der Waals surface area contributed by atoms with E-state index in [2.05, 4.69) is 13.8 Å². The van der Waals surface area contributed by atoms with Crippen LogP contribution in [-0.4, -0.2) is 12.6 Å². The SMILES string of the molecule is CCCCCCCCCCCCCCCCCCCCCCCCCCC(=O)OCCCCCCCCCCCCCCC. The minimum absolute atomic E-state index is 0.0303. The average Bonchev–Trinajstić information content (AvgIpc) is 3.03. The molecule has 0 rings (SSSR count). The Kier molecular flexibility index (Phi) is 40.0. The van der Waals surface area contributed by atoms with Gasteiger partial charge in [-0.3, -0.25) is 4.79 Å². The van der Waals surface area contributed by atoms with Gasteiger partial charge >= 0.3 is 5.97 Å². The van der Waals surface area contributed by atoms with E-state index in [0.717, 1.165) is 12.8 Å². The maximum atomic E-state index is 12.0. The number of hydrogen-bond acceptors (Lipinski definition) is 2. The van der Waals surface area contributed by atoms with E-state index < -0.39 is 0 Å². The highest BCUT2D eigenvalue weighted by Gasteiger charge is 2.03. The van der Waals surface area contributed by atoms with E-state index in [-0.39, 0.29) is 5.97 Å². The fraction of sp³-hybridized carbons (Fsp3) is 0.976. The molecule has 0 bridgehead atoms. The normalized spacial score (nSPS) is 11.4. The van der Waals surface area contributed by atoms with Crippen LogP contribution in [0, 0.1) is 0 Å². The summed E-state index contributed by atoms with van der Waals surface area (Å²) in [4.78, 5) is 12.0. The lowest BCUT2D eigenvalue weighted by molar-refractivity contribution is -0.143. The molecular formula is C42H84O2. The molecule has 0 heterocycles. The summed E-state index contributed by atoms with van der Waals surface area (Å²) in [7, 11) is 0. The van der Waals surface area contributed by atoms with Gasteiger partial charge < -0.3 is 4.74 Å². The van der Waals surface area contributed by atoms with E-state index in [0.29, 0.717) is 13.0 Å². The third-order valence-electron chi connectivity index (χ3n) is 9.75. The highest BCUT2D eigenvalue weighted by molar-refractivity contribution is 5.69. The second kappa shape index (κ2) is 40.5. The fourth-order valence-corrected chi connectivity index (χ4v) is 6.61. The van der Waals surface area contributed by atoms with Gasteiger partial charge in [-0.25, -0.2) is 0 Å². The first-order valence-electron chi connectivity index (χ1n) is 21.0. The molecular weight excluding hydrogens is 536 g/mol. The van der Waals surface area contributed by atoms with E-state index in [9.17, 15) is 4.79 Å². The molecule has 0 aliphatic carbocycles. The van der Waals surface area contributed by atoms with E-state index in [4.69, 9.17) is 4.74 Å². The van der Waals surface area contributed by atoms with Gasteiger partial charge in [-0.2, -0.15) is 0 Å². The number of carbonyl (C=O) groups excluding carboxylic acids is 1. The van der Waals surface area contributed by atoms with Crippen molar-refractivity contribution in [2.75, 3.05) is 6.61 Å². The van der Waals surface area contributed by atoms with Gasteiger partial charge in [0.2, 0.25) is 0 Å². The Morgan fingerprint density at radius 2 is 0.500 bits per heavy atom. The van der Waals surface area contributed by atoms with Crippen LogP contribution in [0.25, 0.3) is 0 Å². The van der Waals surface area contributed by atoms with Crippen molar-refractivity contribution in [3.05, 3.63) is 0 Å². The summed E-state index contributed by atoms with van der Waals surface area (Å²) in [5, 5.41) is 0. The zero-order chi connectivity index (χ0) is 31.9. The minimum atomic E-state index is 0.0303. The summed E-state index contributed by atoms with van der Waals surface area (Å²) >= 11 is 0. The molecule has 2 heteroatoms. The van der Waals surface area contributed by atoms with Crippen molar-refractivity contribution in [1.82, 2.24) is 0 Å². The van der Waals surface area contributed by atoms with Gasteiger partial charge in [-0.1, -0.05) is 239 Å². The van der Waals surface area contributed by atoms with Crippen molar-refractivity contribution in [3.63, 3.8) is 0 Å². The Labute approximate surface area is 279 Å². The van der Waals surface area contributed by atoms with Crippen LogP contribution in [0.4, 0.5) is 0 Å². The Hall–Kier alpha value is -0.530. The van der Waals surface area contributed by atoms with E-state index in [1.807, 2.05) is 0 Å². The third kappa shape index (κ3) is 39.5. The third-order valence-corrected chi connectivity index (χ3v) is 9.75. The number of ether oxygens (including phenoxy) is 1. The van der Waals surface area contributed by atoms with Crippen LogP contribution in [0.15, 0.2) is 0 Å². The molecule has 0 radical (unpaired) electrons. The van der Waals surface area contributed by atoms with Crippen LogP contribution in [0.3, 0.4) is 0 Å². The smallest absolute Gasteiger partial charge is 0.305 e. The summed E-state index contributed by atoms with van der Waals surface area (Å²) in [5.74, 6) is 0.0303. The van der Waals surface area contributed by atoms with Crippen molar-refractivity contribution in [3.8, 4) is 0 Å². The second-order valence-electron chi connectivity index (χ2n) is 14.3. The first-order chi connectivity index (χ1) is 21.8. The first-order valence-corrected chi connectivity index (χ1v) is 21.0. The van der Waals surface area contributed by atoms with Crippen LogP contribution in [-0.2, 0) is 9.53 Å². The zero-order valence-electron chi connectivity index (χ0n) is 30.9. The summed E-state index contributed by atoms with van der Waals surface area (Å²) in [5.41, 5.74) is 0. The highest BCUT2D eigenvalue weighted by Crippen LogP contribution is 2.16. The summed E-state index contributed by atoms with van der Waals surface area (Å²) in [6.07, 6.45) is 52.0. The average molecular weight is 621 g/mol. The van der Waals surface area contributed by atoms with Crippen molar-refractivity contribution in [2.45, 2.75) is 258 Å². The molecule has 0 aromatic rings. The Balaban J connectivity index is 3.13. The number of rotatable bonds is 39. The van der Waals surface area contributed by atoms with Crippen molar-refractivity contribution in [2.24, 2.45) is 0 Å². The van der Waals surface area contributed by atoms with Crippen LogP contribution in [0.5, 0.6) is 0 Å². The summed E-state index contributed by atoms with van der Waals surface area (Å²) < 4.78 is 5.46. The summed E-state index contributed by atoms with van der Waals surface area (Å²) in [6, 6.07) is 0. The second-order valence-corrected chi connectivity index (χ2v) is 14.3. The first kappa shape index (κ1) is 43.5. The van der Waals surface area contributed by atoms with Crippen molar-refractivity contribution >= 4 is 5.97 Å². The predicted octanol–water partition coefficient (Wildman–Crippen LogP) is 15.4. The van der Waals surface area contributed by atoms with Crippen LogP contribution in [0.2, 0.25) is 0 Å². The molecule has 0 aromatic carbocycles. The predicted molar refractivity (Wildman–Crippen MR) is 198 cm³/mol. The van der Waals surface area contributed by atoms with Crippen LogP contribution in [0.1, 0.15) is 258 Å². The standard InChI is InChI=1S/C42H84O2/c1-3-5-7-9-11-13-15-17-18-19-20-21-22-23-24-25-26-27-28-30-32-34-36-38-40-42(43)44-41-39-37-35-33-31-29-16-14-12-10-8-6-4-2/h3-41H2,1-2H3. The van der Waals surface area contributed by atoms with Gasteiger partial charge in [0, 0.05) is 6.42 Å². The molecule has 0 saturated carbocycles. The van der Waals surface area contributed by atoms with Gasteiger partial charge in [-0.15, -0.1) is 0 Å².